The molecule has 0 radical (unpaired) electrons. The highest BCUT2D eigenvalue weighted by atomic mass is 16.5. The maximum absolute atomic E-state index is 12.5. The van der Waals surface area contributed by atoms with Gasteiger partial charge in [-0.2, -0.15) is 0 Å². The molecule has 126 valence electrons. The maximum Gasteiger partial charge on any atom is 0.253 e. The summed E-state index contributed by atoms with van der Waals surface area (Å²) in [7, 11) is 1.72. The van der Waals surface area contributed by atoms with E-state index in [1.165, 1.54) is 6.42 Å². The smallest absolute Gasteiger partial charge is 0.253 e. The molecule has 1 aliphatic rings. The predicted octanol–water partition coefficient (Wildman–Crippen LogP) is 4.69. The molecular weight excluding hydrogens is 298 g/mol. The van der Waals surface area contributed by atoms with Gasteiger partial charge in [-0.1, -0.05) is 36.4 Å². The Labute approximate surface area is 144 Å². The molecule has 3 nitrogen and oxygen atoms in total. The van der Waals surface area contributed by atoms with E-state index in [1.54, 1.807) is 7.11 Å². The van der Waals surface area contributed by atoms with Gasteiger partial charge in [0.2, 0.25) is 0 Å². The SMILES string of the molecule is COC(C)c1ccc(-c2ccc(C(=O)N3CCCCC3)cc2)cc1. The van der Waals surface area contributed by atoms with E-state index < -0.39 is 0 Å². The Morgan fingerprint density at radius 1 is 0.917 bits per heavy atom. The Morgan fingerprint density at radius 3 is 2.00 bits per heavy atom. The number of rotatable bonds is 4. The van der Waals surface area contributed by atoms with Crippen LogP contribution in [0.3, 0.4) is 0 Å². The van der Waals surface area contributed by atoms with Crippen LogP contribution in [0.1, 0.15) is 48.2 Å². The molecule has 2 aromatic rings. The van der Waals surface area contributed by atoms with Gasteiger partial charge < -0.3 is 9.64 Å². The van der Waals surface area contributed by atoms with Crippen LogP contribution in [0.15, 0.2) is 48.5 Å². The van der Waals surface area contributed by atoms with Crippen molar-refractivity contribution in [2.24, 2.45) is 0 Å². The highest BCUT2D eigenvalue weighted by Crippen LogP contribution is 2.24. The number of nitrogens with zero attached hydrogens (tertiary/aromatic N) is 1. The number of carbonyl (C=O) groups excluding carboxylic acids is 1. The molecule has 0 saturated carbocycles. The Hall–Kier alpha value is -2.13. The average Bonchev–Trinajstić information content (AvgIpc) is 2.68. The number of amides is 1. The average molecular weight is 323 g/mol. The number of carbonyl (C=O) groups is 1. The monoisotopic (exact) mass is 323 g/mol. The van der Waals surface area contributed by atoms with Gasteiger partial charge in [-0.25, -0.2) is 0 Å². The molecule has 1 fully saturated rings. The van der Waals surface area contributed by atoms with Crippen molar-refractivity contribution >= 4 is 5.91 Å². The summed E-state index contributed by atoms with van der Waals surface area (Å²) < 4.78 is 5.34. The van der Waals surface area contributed by atoms with Crippen molar-refractivity contribution in [1.82, 2.24) is 4.90 Å². The van der Waals surface area contributed by atoms with E-state index in [0.29, 0.717) is 0 Å². The van der Waals surface area contributed by atoms with Crippen molar-refractivity contribution in [3.63, 3.8) is 0 Å². The van der Waals surface area contributed by atoms with Gasteiger partial charge in [-0.05, 0) is 55.0 Å². The number of methoxy groups -OCH3 is 1. The predicted molar refractivity (Wildman–Crippen MR) is 97.1 cm³/mol. The van der Waals surface area contributed by atoms with E-state index in [2.05, 4.69) is 24.3 Å². The fraction of sp³-hybridized carbons (Fsp3) is 0.381. The summed E-state index contributed by atoms with van der Waals surface area (Å²) in [6, 6.07) is 16.3. The molecular formula is C21H25NO2. The zero-order valence-corrected chi connectivity index (χ0v) is 14.5. The number of likely N-dealkylation sites (tertiary alicyclic amines) is 1. The van der Waals surface area contributed by atoms with Crippen LogP contribution in [0, 0.1) is 0 Å². The Morgan fingerprint density at radius 2 is 1.46 bits per heavy atom. The summed E-state index contributed by atoms with van der Waals surface area (Å²) in [6.07, 6.45) is 3.58. The number of hydrogen-bond donors (Lipinski definition) is 0. The van der Waals surface area contributed by atoms with Crippen molar-refractivity contribution in [3.05, 3.63) is 59.7 Å². The molecule has 0 aliphatic carbocycles. The first-order chi connectivity index (χ1) is 11.7. The van der Waals surface area contributed by atoms with Gasteiger partial charge >= 0.3 is 0 Å². The molecule has 0 N–H and O–H groups in total. The molecule has 1 unspecified atom stereocenters. The van der Waals surface area contributed by atoms with E-state index >= 15 is 0 Å². The van der Waals surface area contributed by atoms with Gasteiger partial charge in [0, 0.05) is 25.8 Å². The third kappa shape index (κ3) is 3.68. The lowest BCUT2D eigenvalue weighted by atomic mass is 10.0. The van der Waals surface area contributed by atoms with Crippen molar-refractivity contribution in [3.8, 4) is 11.1 Å². The van der Waals surface area contributed by atoms with E-state index in [-0.39, 0.29) is 12.0 Å². The van der Waals surface area contributed by atoms with Crippen molar-refractivity contribution in [2.75, 3.05) is 20.2 Å². The lowest BCUT2D eigenvalue weighted by Gasteiger charge is -2.26. The first-order valence-electron chi connectivity index (χ1n) is 8.71. The lowest BCUT2D eigenvalue weighted by Crippen LogP contribution is -2.35. The molecule has 1 heterocycles. The highest BCUT2D eigenvalue weighted by Gasteiger charge is 2.17. The quantitative estimate of drug-likeness (QED) is 0.817. The zero-order valence-electron chi connectivity index (χ0n) is 14.5. The second kappa shape index (κ2) is 7.63. The molecule has 0 spiro atoms. The second-order valence-corrected chi connectivity index (χ2v) is 6.43. The zero-order chi connectivity index (χ0) is 16.9. The van der Waals surface area contributed by atoms with Crippen LogP contribution in [0.5, 0.6) is 0 Å². The molecule has 3 heteroatoms. The molecule has 0 bridgehead atoms. The van der Waals surface area contributed by atoms with E-state index in [9.17, 15) is 4.79 Å². The van der Waals surface area contributed by atoms with Crippen LogP contribution in [0.4, 0.5) is 0 Å². The van der Waals surface area contributed by atoms with Crippen LogP contribution < -0.4 is 0 Å². The van der Waals surface area contributed by atoms with E-state index in [4.69, 9.17) is 4.74 Å². The summed E-state index contributed by atoms with van der Waals surface area (Å²) in [6.45, 7) is 3.81. The fourth-order valence-corrected chi connectivity index (χ4v) is 3.17. The second-order valence-electron chi connectivity index (χ2n) is 6.43. The third-order valence-electron chi connectivity index (χ3n) is 4.84. The first kappa shape index (κ1) is 16.7. The summed E-state index contributed by atoms with van der Waals surface area (Å²) >= 11 is 0. The van der Waals surface area contributed by atoms with Crippen LogP contribution in [0.2, 0.25) is 0 Å². The van der Waals surface area contributed by atoms with Gasteiger partial charge in [-0.15, -0.1) is 0 Å². The number of hydrogen-bond acceptors (Lipinski definition) is 2. The summed E-state index contributed by atoms with van der Waals surface area (Å²) in [4.78, 5) is 14.5. The molecule has 1 aliphatic heterocycles. The first-order valence-corrected chi connectivity index (χ1v) is 8.71. The van der Waals surface area contributed by atoms with Crippen molar-refractivity contribution in [2.45, 2.75) is 32.3 Å². The maximum atomic E-state index is 12.5. The Kier molecular flexibility index (Phi) is 5.31. The summed E-state index contributed by atoms with van der Waals surface area (Å²) in [5.74, 6) is 0.158. The molecule has 0 aromatic heterocycles. The van der Waals surface area contributed by atoms with Gasteiger partial charge in [0.1, 0.15) is 0 Å². The minimum atomic E-state index is 0.101. The molecule has 2 aromatic carbocycles. The molecule has 3 rings (SSSR count). The van der Waals surface area contributed by atoms with Gasteiger partial charge in [0.15, 0.2) is 0 Å². The van der Waals surface area contributed by atoms with E-state index in [0.717, 1.165) is 48.2 Å². The number of ether oxygens (including phenoxy) is 1. The van der Waals surface area contributed by atoms with Crippen LogP contribution in [-0.2, 0) is 4.74 Å². The fourth-order valence-electron chi connectivity index (χ4n) is 3.17. The van der Waals surface area contributed by atoms with Crippen molar-refractivity contribution < 1.29 is 9.53 Å². The topological polar surface area (TPSA) is 29.5 Å². The highest BCUT2D eigenvalue weighted by molar-refractivity contribution is 5.94. The summed E-state index contributed by atoms with van der Waals surface area (Å²) in [5.41, 5.74) is 4.23. The van der Waals surface area contributed by atoms with Crippen LogP contribution in [-0.4, -0.2) is 31.0 Å². The van der Waals surface area contributed by atoms with Gasteiger partial charge in [0.05, 0.1) is 6.10 Å². The Bertz CT molecular complexity index is 670. The number of piperidine rings is 1. The normalized spacial score (nSPS) is 16.0. The lowest BCUT2D eigenvalue weighted by molar-refractivity contribution is 0.0724. The molecule has 1 amide bonds. The summed E-state index contributed by atoms with van der Waals surface area (Å²) in [5, 5.41) is 0. The molecule has 1 atom stereocenters. The minimum absolute atomic E-state index is 0.101. The molecule has 24 heavy (non-hydrogen) atoms. The largest absolute Gasteiger partial charge is 0.377 e. The van der Waals surface area contributed by atoms with Crippen molar-refractivity contribution in [1.29, 1.82) is 0 Å². The minimum Gasteiger partial charge on any atom is -0.377 e. The number of benzene rings is 2. The Balaban J connectivity index is 1.73. The van der Waals surface area contributed by atoms with E-state index in [1.807, 2.05) is 36.1 Å². The standard InChI is InChI=1S/C21H25NO2/c1-16(24-2)17-6-8-18(9-7-17)19-10-12-20(13-11-19)21(23)22-14-4-3-5-15-22/h6-13,16H,3-5,14-15H2,1-2H3. The molecule has 1 saturated heterocycles. The van der Waals surface area contributed by atoms with Gasteiger partial charge in [-0.3, -0.25) is 4.79 Å². The van der Waals surface area contributed by atoms with Crippen LogP contribution >= 0.6 is 0 Å². The van der Waals surface area contributed by atoms with Crippen LogP contribution in [0.25, 0.3) is 11.1 Å². The third-order valence-corrected chi connectivity index (χ3v) is 4.84. The van der Waals surface area contributed by atoms with Gasteiger partial charge in [0.25, 0.3) is 5.91 Å².